The molecule has 14 heteroatoms. The summed E-state index contributed by atoms with van der Waals surface area (Å²) in [6, 6.07) is 14.1. The molecule has 2 aromatic carbocycles. The van der Waals surface area contributed by atoms with Crippen molar-refractivity contribution in [2.45, 2.75) is 42.2 Å². The minimum Gasteiger partial charge on any atom is -0.483 e. The summed E-state index contributed by atoms with van der Waals surface area (Å²) in [5.41, 5.74) is 2.62. The monoisotopic (exact) mass is 615 g/mol. The lowest BCUT2D eigenvalue weighted by atomic mass is 9.78. The van der Waals surface area contributed by atoms with Gasteiger partial charge in [0.25, 0.3) is 16.5 Å². The molecule has 5 rings (SSSR count). The third-order valence-electron chi connectivity index (χ3n) is 7.06. The first-order valence-electron chi connectivity index (χ1n) is 13.0. The average molecular weight is 616 g/mol. The summed E-state index contributed by atoms with van der Waals surface area (Å²) in [5, 5.41) is 14.7. The molecule has 0 aliphatic heterocycles. The van der Waals surface area contributed by atoms with Gasteiger partial charge in [-0.3, -0.25) is 9.52 Å². The maximum absolute atomic E-state index is 15.1. The van der Waals surface area contributed by atoms with Crippen LogP contribution in [0, 0.1) is 5.82 Å². The molecule has 0 unspecified atom stereocenters. The Kier molecular flexibility index (Phi) is 10.1. The molecule has 4 aromatic rings. The molecule has 2 aromatic heterocycles. The van der Waals surface area contributed by atoms with Crippen molar-refractivity contribution in [2.75, 3.05) is 24.1 Å². The van der Waals surface area contributed by atoms with Crippen molar-refractivity contribution in [1.82, 2.24) is 24.6 Å². The number of carbonyl (C=O) groups is 1. The molecule has 0 spiro atoms. The van der Waals surface area contributed by atoms with Gasteiger partial charge in [0.1, 0.15) is 22.9 Å². The smallest absolute Gasteiger partial charge is 0.290 e. The van der Waals surface area contributed by atoms with Crippen LogP contribution in [0.5, 0.6) is 0 Å². The molecule has 1 aliphatic carbocycles. The molecule has 1 fully saturated rings. The summed E-state index contributed by atoms with van der Waals surface area (Å²) in [4.78, 5) is 17.5. The highest BCUT2D eigenvalue weighted by molar-refractivity contribution is 7.92. The zero-order chi connectivity index (χ0) is 30.3. The second-order valence-electron chi connectivity index (χ2n) is 9.91. The number of hydrogen-bond acceptors (Lipinski definition) is 8. The topological polar surface area (TPSA) is 142 Å². The highest BCUT2D eigenvalue weighted by Crippen LogP contribution is 2.38. The van der Waals surface area contributed by atoms with Gasteiger partial charge in [0.2, 0.25) is 0 Å². The molecular formula is C28H31ClFN7O4S. The van der Waals surface area contributed by atoms with Crippen molar-refractivity contribution in [3.8, 4) is 5.69 Å². The molecule has 222 valence electrons. The molecule has 0 saturated heterocycles. The summed E-state index contributed by atoms with van der Waals surface area (Å²) in [6.45, 7) is -0.250. The van der Waals surface area contributed by atoms with Gasteiger partial charge in [-0.1, -0.05) is 23.7 Å². The number of likely N-dealkylation sites (N-methyl/N-ethyl adjacent to an activating group) is 1. The quantitative estimate of drug-likeness (QED) is 0.242. The van der Waals surface area contributed by atoms with Crippen molar-refractivity contribution in [2.24, 2.45) is 0 Å². The first-order valence-corrected chi connectivity index (χ1v) is 14.9. The molecule has 0 radical (unpaired) electrons. The van der Waals surface area contributed by atoms with E-state index in [1.165, 1.54) is 24.2 Å². The number of hydrogen-bond donors (Lipinski definition) is 3. The number of aromatic nitrogens is 4. The predicted octanol–water partition coefficient (Wildman–Crippen LogP) is 4.63. The summed E-state index contributed by atoms with van der Waals surface area (Å²) in [5.74, 6) is -0.531. The van der Waals surface area contributed by atoms with Crippen LogP contribution in [0.25, 0.3) is 5.69 Å². The number of benzene rings is 2. The zero-order valence-electron chi connectivity index (χ0n) is 22.9. The van der Waals surface area contributed by atoms with E-state index in [4.69, 9.17) is 21.5 Å². The number of carboxylic acid groups (broad SMARTS) is 1. The number of anilines is 2. The van der Waals surface area contributed by atoms with Crippen molar-refractivity contribution in [1.29, 1.82) is 0 Å². The second kappa shape index (κ2) is 13.7. The molecule has 1 saturated carbocycles. The SMILES string of the molecule is CN(C)[C@H]1C[C@@H](c2cccc(-n3cccn3)c2)CC[C@@H]1Nc1cc(F)c(S(=O)(=O)Nc2ccncn2)cc1Cl.O=CO. The van der Waals surface area contributed by atoms with Gasteiger partial charge >= 0.3 is 0 Å². The lowest BCUT2D eigenvalue weighted by Gasteiger charge is -2.41. The molecular weight excluding hydrogens is 585 g/mol. The Morgan fingerprint density at radius 3 is 2.60 bits per heavy atom. The van der Waals surface area contributed by atoms with E-state index in [9.17, 15) is 8.42 Å². The van der Waals surface area contributed by atoms with Gasteiger partial charge in [0.15, 0.2) is 0 Å². The van der Waals surface area contributed by atoms with Crippen molar-refractivity contribution in [3.05, 3.63) is 89.9 Å². The van der Waals surface area contributed by atoms with Gasteiger partial charge in [0.05, 0.1) is 16.4 Å². The summed E-state index contributed by atoms with van der Waals surface area (Å²) < 4.78 is 44.8. The van der Waals surface area contributed by atoms with E-state index in [1.807, 2.05) is 37.1 Å². The number of nitrogens with one attached hydrogen (secondary N) is 2. The highest BCUT2D eigenvalue weighted by Gasteiger charge is 2.33. The normalized spacial score (nSPS) is 18.5. The Labute approximate surface area is 248 Å². The fourth-order valence-electron chi connectivity index (χ4n) is 5.12. The van der Waals surface area contributed by atoms with Crippen LogP contribution in [0.3, 0.4) is 0 Å². The first kappa shape index (κ1) is 30.9. The van der Waals surface area contributed by atoms with Gasteiger partial charge in [0, 0.05) is 30.7 Å². The highest BCUT2D eigenvalue weighted by atomic mass is 35.5. The second-order valence-corrected chi connectivity index (χ2v) is 12.0. The summed E-state index contributed by atoms with van der Waals surface area (Å²) in [7, 11) is -0.188. The summed E-state index contributed by atoms with van der Waals surface area (Å²) >= 11 is 6.48. The minimum absolute atomic E-state index is 0.0101. The van der Waals surface area contributed by atoms with Crippen LogP contribution < -0.4 is 10.0 Å². The Bertz CT molecular complexity index is 1590. The average Bonchev–Trinajstić information content (AvgIpc) is 3.51. The van der Waals surface area contributed by atoms with Crippen LogP contribution in [0.2, 0.25) is 5.02 Å². The molecule has 0 amide bonds. The van der Waals surface area contributed by atoms with Crippen molar-refractivity contribution >= 4 is 39.6 Å². The standard InChI is InChI=1S/C27H29ClFN7O2S.CH2O2/c1-35(2)25-14-19(18-5-3-6-20(13-18)36-12-4-10-32-36)7-8-23(25)33-24-16-22(29)26(15-21(24)28)39(37,38)34-27-9-11-30-17-31-27;2-1-3/h3-6,9-13,15-17,19,23,25,33H,7-8,14H2,1-2H3,(H,30,31,34);1H,(H,2,3)/t19-,23-,25-;/m0./s1. The van der Waals surface area contributed by atoms with Crippen molar-refractivity contribution in [3.63, 3.8) is 0 Å². The van der Waals surface area contributed by atoms with Crippen LogP contribution in [-0.2, 0) is 14.8 Å². The van der Waals surface area contributed by atoms with E-state index in [0.717, 1.165) is 37.1 Å². The lowest BCUT2D eigenvalue weighted by molar-refractivity contribution is -0.122. The number of halogens is 2. The summed E-state index contributed by atoms with van der Waals surface area (Å²) in [6.07, 6.45) is 8.91. The lowest BCUT2D eigenvalue weighted by Crippen LogP contribution is -2.47. The molecule has 2 heterocycles. The van der Waals surface area contributed by atoms with Gasteiger partial charge in [-0.2, -0.15) is 5.10 Å². The van der Waals surface area contributed by atoms with E-state index in [-0.39, 0.29) is 29.4 Å². The zero-order valence-corrected chi connectivity index (χ0v) is 24.5. The largest absolute Gasteiger partial charge is 0.483 e. The van der Waals surface area contributed by atoms with E-state index < -0.39 is 20.7 Å². The van der Waals surface area contributed by atoms with E-state index in [2.05, 4.69) is 48.2 Å². The predicted molar refractivity (Wildman–Crippen MR) is 158 cm³/mol. The van der Waals surface area contributed by atoms with Crippen molar-refractivity contribution < 1.29 is 22.7 Å². The van der Waals surface area contributed by atoms with Gasteiger partial charge in [-0.25, -0.2) is 27.5 Å². The number of rotatable bonds is 8. The van der Waals surface area contributed by atoms with Gasteiger partial charge in [-0.15, -0.1) is 0 Å². The fraction of sp³-hybridized carbons (Fsp3) is 0.286. The maximum Gasteiger partial charge on any atom is 0.290 e. The van der Waals surface area contributed by atoms with Crippen LogP contribution in [0.1, 0.15) is 30.7 Å². The molecule has 0 bridgehead atoms. The van der Waals surface area contributed by atoms with Crippen LogP contribution >= 0.6 is 11.6 Å². The van der Waals surface area contributed by atoms with E-state index >= 15 is 4.39 Å². The van der Waals surface area contributed by atoms with Crippen LogP contribution in [0.4, 0.5) is 15.9 Å². The van der Waals surface area contributed by atoms with Crippen LogP contribution in [0.15, 0.2) is 78.3 Å². The number of sulfonamides is 1. The Balaban J connectivity index is 0.00000129. The Morgan fingerprint density at radius 1 is 1.14 bits per heavy atom. The third-order valence-corrected chi connectivity index (χ3v) is 8.75. The Morgan fingerprint density at radius 2 is 1.93 bits per heavy atom. The minimum atomic E-state index is -4.24. The van der Waals surface area contributed by atoms with Gasteiger partial charge in [-0.05, 0) is 81.2 Å². The third kappa shape index (κ3) is 7.41. The van der Waals surface area contributed by atoms with E-state index in [1.54, 1.807) is 6.20 Å². The number of nitrogens with zero attached hydrogens (tertiary/aromatic N) is 5. The Hall–Kier alpha value is -4.07. The first-order chi connectivity index (χ1) is 20.1. The molecule has 11 nitrogen and oxygen atoms in total. The maximum atomic E-state index is 15.1. The fourth-order valence-corrected chi connectivity index (χ4v) is 6.50. The van der Waals surface area contributed by atoms with E-state index in [0.29, 0.717) is 11.6 Å². The molecule has 3 atom stereocenters. The van der Waals surface area contributed by atoms with Gasteiger partial charge < -0.3 is 15.3 Å². The van der Waals surface area contributed by atoms with Crippen LogP contribution in [-0.4, -0.2) is 70.8 Å². The molecule has 3 N–H and O–H groups in total. The molecule has 42 heavy (non-hydrogen) atoms. The molecule has 1 aliphatic rings.